The van der Waals surface area contributed by atoms with Crippen LogP contribution in [0.5, 0.6) is 5.75 Å². The Kier molecular flexibility index (Phi) is 7.31. The summed E-state index contributed by atoms with van der Waals surface area (Å²) in [4.78, 5) is 44.1. The molecule has 1 fully saturated rings. The van der Waals surface area contributed by atoms with Crippen molar-refractivity contribution in [1.82, 2.24) is 25.1 Å². The molecular formula is C25H27N8O5P. The van der Waals surface area contributed by atoms with Gasteiger partial charge in [0.2, 0.25) is 11.9 Å². The summed E-state index contributed by atoms with van der Waals surface area (Å²) in [6.45, 7) is 6.40. The molecule has 0 saturated carbocycles. The zero-order valence-corrected chi connectivity index (χ0v) is 21.9. The van der Waals surface area contributed by atoms with Crippen molar-refractivity contribution in [3.05, 3.63) is 61.3 Å². The average Bonchev–Trinajstić information content (AvgIpc) is 3.38. The van der Waals surface area contributed by atoms with Crippen molar-refractivity contribution >= 4 is 47.8 Å². The highest BCUT2D eigenvalue weighted by Crippen LogP contribution is 2.43. The Bertz CT molecular complexity index is 1580. The van der Waals surface area contributed by atoms with Crippen molar-refractivity contribution in [2.75, 3.05) is 48.8 Å². The van der Waals surface area contributed by atoms with Crippen molar-refractivity contribution in [3.63, 3.8) is 0 Å². The van der Waals surface area contributed by atoms with E-state index < -0.39 is 7.82 Å². The third kappa shape index (κ3) is 6.24. The maximum absolute atomic E-state index is 11.8. The van der Waals surface area contributed by atoms with Crippen LogP contribution >= 0.6 is 7.82 Å². The lowest BCUT2D eigenvalue weighted by Gasteiger charge is -2.35. The fraction of sp³-hybridized carbons (Fsp3) is 0.200. The fourth-order valence-corrected chi connectivity index (χ4v) is 4.68. The van der Waals surface area contributed by atoms with E-state index in [2.05, 4.69) is 37.3 Å². The molecule has 14 heteroatoms. The van der Waals surface area contributed by atoms with Crippen molar-refractivity contribution in [1.29, 1.82) is 0 Å². The first-order chi connectivity index (χ1) is 18.7. The quantitative estimate of drug-likeness (QED) is 0.161. The van der Waals surface area contributed by atoms with Gasteiger partial charge in [-0.3, -0.25) is 19.7 Å². The normalized spacial score (nSPS) is 14.3. The zero-order chi connectivity index (χ0) is 27.6. The van der Waals surface area contributed by atoms with Crippen LogP contribution in [0.2, 0.25) is 0 Å². The van der Waals surface area contributed by atoms with Crippen molar-refractivity contribution < 1.29 is 23.7 Å². The van der Waals surface area contributed by atoms with Gasteiger partial charge in [-0.15, -0.1) is 0 Å². The van der Waals surface area contributed by atoms with Gasteiger partial charge in [0.25, 0.3) is 0 Å². The van der Waals surface area contributed by atoms with Crippen LogP contribution in [-0.4, -0.2) is 74.0 Å². The van der Waals surface area contributed by atoms with E-state index in [4.69, 9.17) is 9.51 Å². The molecule has 2 aromatic carbocycles. The smallest absolute Gasteiger partial charge is 0.402 e. The molecule has 0 bridgehead atoms. The number of likely N-dealkylation sites (N-methyl/N-ethyl adjacent to an activating group) is 1. The first-order valence-electron chi connectivity index (χ1n) is 12.0. The van der Waals surface area contributed by atoms with Gasteiger partial charge >= 0.3 is 7.82 Å². The minimum atomic E-state index is -4.76. The lowest BCUT2D eigenvalue weighted by atomic mass is 10.1. The summed E-state index contributed by atoms with van der Waals surface area (Å²) in [6.07, 6.45) is 2.82. The minimum absolute atomic E-state index is 0.0856. The summed E-state index contributed by atoms with van der Waals surface area (Å²) >= 11 is 0. The highest BCUT2D eigenvalue weighted by molar-refractivity contribution is 7.46. The summed E-state index contributed by atoms with van der Waals surface area (Å²) in [5.41, 5.74) is 3.55. The molecule has 5 N–H and O–H groups in total. The zero-order valence-electron chi connectivity index (χ0n) is 21.0. The van der Waals surface area contributed by atoms with Crippen molar-refractivity contribution in [3.8, 4) is 17.0 Å². The molecule has 4 aromatic rings. The number of piperazine rings is 1. The van der Waals surface area contributed by atoms with Crippen LogP contribution in [0.3, 0.4) is 0 Å². The molecule has 2 aromatic heterocycles. The van der Waals surface area contributed by atoms with E-state index in [0.717, 1.165) is 18.7 Å². The molecule has 1 amide bonds. The highest BCUT2D eigenvalue weighted by Gasteiger charge is 2.24. The van der Waals surface area contributed by atoms with E-state index in [1.807, 2.05) is 18.0 Å². The molecular weight excluding hydrogens is 523 g/mol. The van der Waals surface area contributed by atoms with E-state index in [0.29, 0.717) is 46.9 Å². The second-order valence-corrected chi connectivity index (χ2v) is 10.1. The molecule has 202 valence electrons. The molecule has 0 atom stereocenters. The molecule has 1 saturated heterocycles. The molecule has 13 nitrogen and oxygen atoms in total. The Morgan fingerprint density at radius 2 is 1.92 bits per heavy atom. The lowest BCUT2D eigenvalue weighted by molar-refractivity contribution is -0.111. The predicted molar refractivity (Wildman–Crippen MR) is 148 cm³/mol. The summed E-state index contributed by atoms with van der Waals surface area (Å²) in [6, 6.07) is 12.1. The number of nitrogens with one attached hydrogen (secondary N) is 3. The second-order valence-electron chi connectivity index (χ2n) is 8.98. The third-order valence-electron chi connectivity index (χ3n) is 6.18. The van der Waals surface area contributed by atoms with Gasteiger partial charge in [0, 0.05) is 43.1 Å². The van der Waals surface area contributed by atoms with Gasteiger partial charge in [-0.1, -0.05) is 18.7 Å². The van der Waals surface area contributed by atoms with Crippen LogP contribution in [0.15, 0.2) is 61.3 Å². The number of fused-ring (bicyclic) bond motifs is 1. The van der Waals surface area contributed by atoms with Gasteiger partial charge in [0.1, 0.15) is 0 Å². The van der Waals surface area contributed by atoms with E-state index in [-0.39, 0.29) is 17.6 Å². The summed E-state index contributed by atoms with van der Waals surface area (Å²) < 4.78 is 16.6. The maximum atomic E-state index is 11.8. The number of rotatable bonds is 8. The SMILES string of the molecule is C=CC(=O)Nc1cccc(-c2nc(Nc3ccc(OP(=O)(O)O)c(N4CCN(C)CC4)c3)nc3[nH]ncc23)c1. The molecule has 5 rings (SSSR count). The van der Waals surface area contributed by atoms with Gasteiger partial charge in [0.05, 0.1) is 23.0 Å². The second kappa shape index (κ2) is 10.8. The molecule has 39 heavy (non-hydrogen) atoms. The largest absolute Gasteiger partial charge is 0.524 e. The summed E-state index contributed by atoms with van der Waals surface area (Å²) in [7, 11) is -2.74. The van der Waals surface area contributed by atoms with Gasteiger partial charge in [-0.25, -0.2) is 9.55 Å². The minimum Gasteiger partial charge on any atom is -0.402 e. The number of hydrogen-bond acceptors (Lipinski definition) is 9. The van der Waals surface area contributed by atoms with E-state index in [1.165, 1.54) is 12.1 Å². The number of hydrogen-bond donors (Lipinski definition) is 5. The van der Waals surface area contributed by atoms with E-state index in [1.54, 1.807) is 36.5 Å². The topological polar surface area (TPSA) is 169 Å². The standard InChI is InChI=1S/C25H27N8O5P/c1-3-22(34)27-17-6-4-5-16(13-17)23-19-15-26-31-24(19)30-25(29-23)28-18-7-8-21(38-39(35,36)37)20(14-18)33-11-9-32(2)10-12-33/h3-8,13-15H,1,9-12H2,2H3,(H,27,34)(H2,35,36,37)(H2,26,28,29,30,31). The monoisotopic (exact) mass is 550 g/mol. The van der Waals surface area contributed by atoms with Gasteiger partial charge in [-0.05, 0) is 43.5 Å². The Morgan fingerprint density at radius 1 is 1.13 bits per heavy atom. The summed E-state index contributed by atoms with van der Waals surface area (Å²) in [5.74, 6) is 0.0331. The first kappa shape index (κ1) is 26.3. The number of phosphoric ester groups is 1. The fourth-order valence-electron chi connectivity index (χ4n) is 4.27. The number of aromatic amines is 1. The number of nitrogens with zero attached hydrogens (tertiary/aromatic N) is 5. The molecule has 0 unspecified atom stereocenters. The van der Waals surface area contributed by atoms with Gasteiger partial charge in [0.15, 0.2) is 11.4 Å². The number of carbonyl (C=O) groups is 1. The molecule has 0 spiro atoms. The van der Waals surface area contributed by atoms with Gasteiger partial charge in [-0.2, -0.15) is 10.1 Å². The number of anilines is 4. The van der Waals surface area contributed by atoms with Crippen LogP contribution in [0, 0.1) is 0 Å². The molecule has 0 radical (unpaired) electrons. The van der Waals surface area contributed by atoms with Crippen LogP contribution in [-0.2, 0) is 9.36 Å². The van der Waals surface area contributed by atoms with Gasteiger partial charge < -0.3 is 25.0 Å². The number of phosphoric acid groups is 1. The molecule has 3 heterocycles. The van der Waals surface area contributed by atoms with E-state index >= 15 is 0 Å². The Labute approximate surface area is 223 Å². The lowest BCUT2D eigenvalue weighted by Crippen LogP contribution is -2.44. The number of benzene rings is 2. The number of carbonyl (C=O) groups excluding carboxylic acids is 1. The van der Waals surface area contributed by atoms with Crippen molar-refractivity contribution in [2.24, 2.45) is 0 Å². The molecule has 1 aliphatic rings. The van der Waals surface area contributed by atoms with Crippen molar-refractivity contribution in [2.45, 2.75) is 0 Å². The van der Waals surface area contributed by atoms with E-state index in [9.17, 15) is 19.1 Å². The first-order valence-corrected chi connectivity index (χ1v) is 13.6. The summed E-state index contributed by atoms with van der Waals surface area (Å²) in [5, 5.41) is 13.6. The highest BCUT2D eigenvalue weighted by atomic mass is 31.2. The Morgan fingerprint density at radius 3 is 2.67 bits per heavy atom. The van der Waals surface area contributed by atoms with Crippen LogP contribution in [0.25, 0.3) is 22.3 Å². The Balaban J connectivity index is 1.50. The molecule has 0 aliphatic carbocycles. The van der Waals surface area contributed by atoms with Crippen LogP contribution in [0.1, 0.15) is 0 Å². The third-order valence-corrected chi connectivity index (χ3v) is 6.61. The molecule has 1 aliphatic heterocycles. The maximum Gasteiger partial charge on any atom is 0.524 e. The number of amides is 1. The number of H-pyrrole nitrogens is 1. The van der Waals surface area contributed by atoms with Crippen LogP contribution in [0.4, 0.5) is 23.0 Å². The Hall–Kier alpha value is -4.29. The average molecular weight is 551 g/mol. The van der Waals surface area contributed by atoms with Crippen LogP contribution < -0.4 is 20.1 Å². The predicted octanol–water partition coefficient (Wildman–Crippen LogP) is 3.11. The number of aromatic nitrogens is 4.